The summed E-state index contributed by atoms with van der Waals surface area (Å²) in [6, 6.07) is 3.44. The molecule has 0 aliphatic carbocycles. The normalized spacial score (nSPS) is 26.1. The first kappa shape index (κ1) is 16.5. The molecule has 1 saturated heterocycles. The van der Waals surface area contributed by atoms with Crippen LogP contribution in [0.1, 0.15) is 39.0 Å². The highest BCUT2D eigenvalue weighted by Gasteiger charge is 2.32. The van der Waals surface area contributed by atoms with E-state index in [-0.39, 0.29) is 0 Å². The third-order valence-corrected chi connectivity index (χ3v) is 6.54. The summed E-state index contributed by atoms with van der Waals surface area (Å²) in [5.41, 5.74) is 0. The Morgan fingerprint density at radius 3 is 2.75 bits per heavy atom. The Morgan fingerprint density at radius 2 is 2.20 bits per heavy atom. The Morgan fingerprint density at radius 1 is 1.45 bits per heavy atom. The molecule has 2 heterocycles. The van der Waals surface area contributed by atoms with E-state index in [1.54, 1.807) is 0 Å². The second-order valence-corrected chi connectivity index (χ2v) is 8.19. The monoisotopic (exact) mass is 358 g/mol. The van der Waals surface area contributed by atoms with Crippen molar-refractivity contribution in [2.45, 2.75) is 52.7 Å². The van der Waals surface area contributed by atoms with E-state index < -0.39 is 0 Å². The summed E-state index contributed by atoms with van der Waals surface area (Å²) in [6.45, 7) is 12.7. The Kier molecular flexibility index (Phi) is 6.09. The van der Waals surface area contributed by atoms with Crippen molar-refractivity contribution in [2.75, 3.05) is 13.1 Å². The molecule has 0 saturated carbocycles. The minimum Gasteiger partial charge on any atom is -0.311 e. The fourth-order valence-electron chi connectivity index (χ4n) is 2.94. The van der Waals surface area contributed by atoms with Gasteiger partial charge in [0.05, 0.1) is 0 Å². The maximum atomic E-state index is 3.76. The number of piperazine rings is 1. The molecule has 0 aromatic carbocycles. The van der Waals surface area contributed by atoms with Crippen LogP contribution in [0, 0.1) is 11.8 Å². The smallest absolute Gasteiger partial charge is 0.0343 e. The van der Waals surface area contributed by atoms with E-state index in [0.717, 1.165) is 25.6 Å². The molecule has 1 aliphatic heterocycles. The molecule has 4 heteroatoms. The second-order valence-electron chi connectivity index (χ2n) is 6.33. The summed E-state index contributed by atoms with van der Waals surface area (Å²) in [6.07, 6.45) is 1.25. The maximum absolute atomic E-state index is 3.76. The zero-order valence-corrected chi connectivity index (χ0v) is 15.4. The summed E-state index contributed by atoms with van der Waals surface area (Å²) in [7, 11) is 0. The molecule has 0 radical (unpaired) electrons. The van der Waals surface area contributed by atoms with Gasteiger partial charge in [-0.3, -0.25) is 4.90 Å². The lowest BCUT2D eigenvalue weighted by atomic mass is 9.92. The van der Waals surface area contributed by atoms with Gasteiger partial charge in [0, 0.05) is 41.1 Å². The van der Waals surface area contributed by atoms with Crippen LogP contribution in [-0.4, -0.2) is 30.1 Å². The fourth-order valence-corrected chi connectivity index (χ4v) is 4.44. The summed E-state index contributed by atoms with van der Waals surface area (Å²) < 4.78 is 1.27. The maximum Gasteiger partial charge on any atom is 0.0343 e. The lowest BCUT2D eigenvalue weighted by Gasteiger charge is -2.44. The van der Waals surface area contributed by atoms with Crippen molar-refractivity contribution in [1.29, 1.82) is 0 Å². The first-order valence-electron chi connectivity index (χ1n) is 7.72. The van der Waals surface area contributed by atoms with E-state index in [4.69, 9.17) is 0 Å². The SMILES string of the molecule is CCC(C)C1CNC(C(C)C)CN1Cc1sccc1Br. The van der Waals surface area contributed by atoms with Gasteiger partial charge in [0.25, 0.3) is 0 Å². The average Bonchev–Trinajstić information content (AvgIpc) is 2.83. The van der Waals surface area contributed by atoms with Crippen LogP contribution >= 0.6 is 27.3 Å². The van der Waals surface area contributed by atoms with Crippen molar-refractivity contribution >= 4 is 27.3 Å². The predicted octanol–water partition coefficient (Wildman–Crippen LogP) is 4.36. The number of nitrogens with zero attached hydrogens (tertiary/aromatic N) is 1. The van der Waals surface area contributed by atoms with Crippen LogP contribution in [0.3, 0.4) is 0 Å². The van der Waals surface area contributed by atoms with Crippen LogP contribution in [0.25, 0.3) is 0 Å². The molecule has 114 valence electrons. The fraction of sp³-hybridized carbons (Fsp3) is 0.750. The molecule has 2 rings (SSSR count). The average molecular weight is 359 g/mol. The summed E-state index contributed by atoms with van der Waals surface area (Å²) >= 11 is 5.54. The van der Waals surface area contributed by atoms with E-state index >= 15 is 0 Å². The highest BCUT2D eigenvalue weighted by molar-refractivity contribution is 9.10. The van der Waals surface area contributed by atoms with Crippen LogP contribution in [-0.2, 0) is 6.54 Å². The topological polar surface area (TPSA) is 15.3 Å². The van der Waals surface area contributed by atoms with Gasteiger partial charge in [0.15, 0.2) is 0 Å². The molecule has 20 heavy (non-hydrogen) atoms. The first-order chi connectivity index (χ1) is 9.52. The summed E-state index contributed by atoms with van der Waals surface area (Å²) in [5, 5.41) is 5.94. The Balaban J connectivity index is 2.11. The molecule has 3 unspecified atom stereocenters. The standard InChI is InChI=1S/C16H27BrN2S/c1-5-12(4)15-8-18-14(11(2)3)9-19(15)10-16-13(17)6-7-20-16/h6-7,11-12,14-15,18H,5,8-10H2,1-4H3. The largest absolute Gasteiger partial charge is 0.311 e. The van der Waals surface area contributed by atoms with Gasteiger partial charge in [-0.1, -0.05) is 34.1 Å². The molecule has 1 aromatic rings. The lowest BCUT2D eigenvalue weighted by Crippen LogP contribution is -2.59. The van der Waals surface area contributed by atoms with Gasteiger partial charge >= 0.3 is 0 Å². The van der Waals surface area contributed by atoms with Crippen molar-refractivity contribution in [3.8, 4) is 0 Å². The minimum atomic E-state index is 0.619. The zero-order chi connectivity index (χ0) is 14.7. The molecule has 0 amide bonds. The minimum absolute atomic E-state index is 0.619. The lowest BCUT2D eigenvalue weighted by molar-refractivity contribution is 0.0730. The molecular weight excluding hydrogens is 332 g/mol. The molecule has 1 aliphatic rings. The van der Waals surface area contributed by atoms with Crippen molar-refractivity contribution in [2.24, 2.45) is 11.8 Å². The van der Waals surface area contributed by atoms with Gasteiger partial charge in [-0.2, -0.15) is 0 Å². The van der Waals surface area contributed by atoms with E-state index in [2.05, 4.69) is 65.3 Å². The second kappa shape index (κ2) is 7.39. The highest BCUT2D eigenvalue weighted by Crippen LogP contribution is 2.28. The van der Waals surface area contributed by atoms with E-state index in [9.17, 15) is 0 Å². The number of halogens is 1. The van der Waals surface area contributed by atoms with Crippen LogP contribution < -0.4 is 5.32 Å². The van der Waals surface area contributed by atoms with Crippen molar-refractivity contribution in [3.05, 3.63) is 20.8 Å². The molecular formula is C16H27BrN2S. The summed E-state index contributed by atoms with van der Waals surface area (Å²) in [4.78, 5) is 4.16. The van der Waals surface area contributed by atoms with Gasteiger partial charge in [0.2, 0.25) is 0 Å². The van der Waals surface area contributed by atoms with Crippen LogP contribution in [0.15, 0.2) is 15.9 Å². The Labute approximate surface area is 136 Å². The van der Waals surface area contributed by atoms with Gasteiger partial charge in [-0.05, 0) is 39.2 Å². The first-order valence-corrected chi connectivity index (χ1v) is 9.39. The van der Waals surface area contributed by atoms with Crippen molar-refractivity contribution in [1.82, 2.24) is 10.2 Å². The van der Waals surface area contributed by atoms with E-state index in [1.807, 2.05) is 11.3 Å². The number of rotatable bonds is 5. The number of thiophene rings is 1. The van der Waals surface area contributed by atoms with E-state index in [0.29, 0.717) is 18.0 Å². The van der Waals surface area contributed by atoms with Crippen molar-refractivity contribution < 1.29 is 0 Å². The number of hydrogen-bond donors (Lipinski definition) is 1. The molecule has 0 bridgehead atoms. The molecule has 3 atom stereocenters. The quantitative estimate of drug-likeness (QED) is 0.841. The number of hydrogen-bond acceptors (Lipinski definition) is 3. The van der Waals surface area contributed by atoms with E-state index in [1.165, 1.54) is 15.8 Å². The van der Waals surface area contributed by atoms with Crippen LogP contribution in [0.4, 0.5) is 0 Å². The van der Waals surface area contributed by atoms with Gasteiger partial charge < -0.3 is 5.32 Å². The van der Waals surface area contributed by atoms with Gasteiger partial charge in [-0.15, -0.1) is 11.3 Å². The molecule has 0 spiro atoms. The molecule has 1 N–H and O–H groups in total. The molecule has 1 fully saturated rings. The van der Waals surface area contributed by atoms with Crippen LogP contribution in [0.5, 0.6) is 0 Å². The van der Waals surface area contributed by atoms with Gasteiger partial charge in [-0.25, -0.2) is 0 Å². The third kappa shape index (κ3) is 3.85. The van der Waals surface area contributed by atoms with Crippen LogP contribution in [0.2, 0.25) is 0 Å². The molecule has 2 nitrogen and oxygen atoms in total. The predicted molar refractivity (Wildman–Crippen MR) is 92.3 cm³/mol. The highest BCUT2D eigenvalue weighted by atomic mass is 79.9. The van der Waals surface area contributed by atoms with Crippen molar-refractivity contribution in [3.63, 3.8) is 0 Å². The Bertz CT molecular complexity index is 418. The molecule has 1 aromatic heterocycles. The third-order valence-electron chi connectivity index (χ3n) is 4.63. The zero-order valence-electron chi connectivity index (χ0n) is 13.0. The van der Waals surface area contributed by atoms with Gasteiger partial charge in [0.1, 0.15) is 0 Å². The number of nitrogens with one attached hydrogen (secondary N) is 1. The Hall–Kier alpha value is 0.100. The summed E-state index contributed by atoms with van der Waals surface area (Å²) in [5.74, 6) is 1.44.